The first kappa shape index (κ1) is 12.1. The van der Waals surface area contributed by atoms with E-state index in [0.717, 1.165) is 19.3 Å². The molecule has 4 nitrogen and oxygen atoms in total. The van der Waals surface area contributed by atoms with Crippen LogP contribution >= 0.6 is 7.82 Å². The highest BCUT2D eigenvalue weighted by molar-refractivity contribution is 7.46. The van der Waals surface area contributed by atoms with Crippen LogP contribution in [0.15, 0.2) is 0 Å². The van der Waals surface area contributed by atoms with E-state index in [2.05, 4.69) is 11.4 Å². The third-order valence-electron chi connectivity index (χ3n) is 1.58. The summed E-state index contributed by atoms with van der Waals surface area (Å²) < 4.78 is 14.6. The van der Waals surface area contributed by atoms with Gasteiger partial charge in [0.1, 0.15) is 0 Å². The van der Waals surface area contributed by atoms with Gasteiger partial charge < -0.3 is 9.79 Å². The highest BCUT2D eigenvalue weighted by Gasteiger charge is 2.15. The Morgan fingerprint density at radius 2 is 2.08 bits per heavy atom. The molecule has 0 saturated heterocycles. The average Bonchev–Trinajstić information content (AvgIpc) is 1.95. The van der Waals surface area contributed by atoms with Crippen LogP contribution in [0, 0.1) is 5.92 Å². The second-order valence-corrected chi connectivity index (χ2v) is 4.27. The summed E-state index contributed by atoms with van der Waals surface area (Å²) >= 11 is 0. The summed E-state index contributed by atoms with van der Waals surface area (Å²) in [5.74, 6) is 0.220. The molecule has 0 radical (unpaired) electrons. The first-order chi connectivity index (χ1) is 5.45. The van der Waals surface area contributed by atoms with Gasteiger partial charge in [-0.3, -0.25) is 4.52 Å². The van der Waals surface area contributed by atoms with Crippen LogP contribution in [0.3, 0.4) is 0 Å². The maximum absolute atomic E-state index is 10.3. The Bertz CT molecular complexity index is 153. The number of phosphoric acid groups is 1. The number of rotatable bonds is 6. The third-order valence-corrected chi connectivity index (χ3v) is 2.06. The Kier molecular flexibility index (Phi) is 5.76. The summed E-state index contributed by atoms with van der Waals surface area (Å²) in [6.07, 6.45) is 3.13. The van der Waals surface area contributed by atoms with Gasteiger partial charge in [-0.05, 0) is 12.3 Å². The number of hydrogen-bond acceptors (Lipinski definition) is 2. The number of unbranched alkanes of at least 4 members (excludes halogenated alkanes) is 1. The van der Waals surface area contributed by atoms with Gasteiger partial charge >= 0.3 is 7.82 Å². The third kappa shape index (κ3) is 8.21. The van der Waals surface area contributed by atoms with Gasteiger partial charge in [-0.15, -0.1) is 0 Å². The molecule has 74 valence electrons. The predicted octanol–water partition coefficient (Wildman–Crippen LogP) is 1.92. The first-order valence-electron chi connectivity index (χ1n) is 4.15. The predicted molar refractivity (Wildman–Crippen MR) is 46.7 cm³/mol. The Morgan fingerprint density at radius 3 is 2.50 bits per heavy atom. The lowest BCUT2D eigenvalue weighted by Crippen LogP contribution is -2.04. The second-order valence-electron chi connectivity index (χ2n) is 3.03. The molecule has 1 atom stereocenters. The maximum Gasteiger partial charge on any atom is 0.469 e. The van der Waals surface area contributed by atoms with E-state index >= 15 is 0 Å². The van der Waals surface area contributed by atoms with Gasteiger partial charge in [0.2, 0.25) is 0 Å². The Hall–Kier alpha value is 0.110. The molecule has 0 heterocycles. The van der Waals surface area contributed by atoms with Crippen LogP contribution in [0.1, 0.15) is 33.1 Å². The molecule has 0 saturated carbocycles. The zero-order chi connectivity index (χ0) is 9.61. The lowest BCUT2D eigenvalue weighted by molar-refractivity contribution is 0.168. The number of phosphoric ester groups is 1. The van der Waals surface area contributed by atoms with Crippen molar-refractivity contribution in [2.45, 2.75) is 33.1 Å². The molecule has 0 aliphatic rings. The van der Waals surface area contributed by atoms with Crippen molar-refractivity contribution in [3.63, 3.8) is 0 Å². The molecular formula is C7H17O4P. The summed E-state index contributed by atoms with van der Waals surface area (Å²) in [4.78, 5) is 16.8. The van der Waals surface area contributed by atoms with E-state index in [9.17, 15) is 4.57 Å². The van der Waals surface area contributed by atoms with Gasteiger partial charge in [-0.1, -0.05) is 26.7 Å². The smallest absolute Gasteiger partial charge is 0.303 e. The topological polar surface area (TPSA) is 66.8 Å². The molecule has 0 aromatic carbocycles. The highest BCUT2D eigenvalue weighted by atomic mass is 31.2. The van der Waals surface area contributed by atoms with E-state index in [1.54, 1.807) is 0 Å². The van der Waals surface area contributed by atoms with Gasteiger partial charge in [0.15, 0.2) is 0 Å². The molecule has 0 fully saturated rings. The quantitative estimate of drug-likeness (QED) is 0.637. The fraction of sp³-hybridized carbons (Fsp3) is 1.00. The van der Waals surface area contributed by atoms with Crippen molar-refractivity contribution in [2.75, 3.05) is 6.61 Å². The van der Waals surface area contributed by atoms with Gasteiger partial charge in [-0.2, -0.15) is 0 Å². The second kappa shape index (κ2) is 5.70. The SMILES string of the molecule is CCCCC(C)COP(=O)(O)O. The standard InChI is InChI=1S/C7H17O4P/c1-3-4-5-7(2)6-11-12(8,9)10/h7H,3-6H2,1-2H3,(H2,8,9,10). The van der Waals surface area contributed by atoms with Crippen molar-refractivity contribution in [2.24, 2.45) is 5.92 Å². The van der Waals surface area contributed by atoms with Crippen molar-refractivity contribution in [3.05, 3.63) is 0 Å². The molecule has 0 aromatic rings. The summed E-state index contributed by atoms with van der Waals surface area (Å²) in [7, 11) is -4.25. The average molecular weight is 196 g/mol. The summed E-state index contributed by atoms with van der Waals surface area (Å²) in [5.41, 5.74) is 0. The van der Waals surface area contributed by atoms with Crippen molar-refractivity contribution in [3.8, 4) is 0 Å². The maximum atomic E-state index is 10.3. The van der Waals surface area contributed by atoms with Crippen LogP contribution in [0.25, 0.3) is 0 Å². The lowest BCUT2D eigenvalue weighted by Gasteiger charge is -2.11. The molecule has 0 aromatic heterocycles. The Morgan fingerprint density at radius 1 is 1.50 bits per heavy atom. The molecule has 1 unspecified atom stereocenters. The van der Waals surface area contributed by atoms with Crippen LogP contribution in [-0.4, -0.2) is 16.4 Å². The molecule has 0 aliphatic heterocycles. The highest BCUT2D eigenvalue weighted by Crippen LogP contribution is 2.36. The summed E-state index contributed by atoms with van der Waals surface area (Å²) in [5, 5.41) is 0. The minimum Gasteiger partial charge on any atom is -0.303 e. The van der Waals surface area contributed by atoms with Crippen molar-refractivity contribution >= 4 is 7.82 Å². The van der Waals surface area contributed by atoms with Gasteiger partial charge in [-0.25, -0.2) is 4.57 Å². The van der Waals surface area contributed by atoms with E-state index in [0.29, 0.717) is 0 Å². The van der Waals surface area contributed by atoms with Crippen molar-refractivity contribution in [1.82, 2.24) is 0 Å². The van der Waals surface area contributed by atoms with Crippen molar-refractivity contribution < 1.29 is 18.9 Å². The first-order valence-corrected chi connectivity index (χ1v) is 5.69. The lowest BCUT2D eigenvalue weighted by atomic mass is 10.1. The van der Waals surface area contributed by atoms with E-state index in [4.69, 9.17) is 9.79 Å². The Labute approximate surface area is 73.2 Å². The van der Waals surface area contributed by atoms with Crippen LogP contribution in [0.4, 0.5) is 0 Å². The van der Waals surface area contributed by atoms with Crippen LogP contribution in [-0.2, 0) is 9.09 Å². The van der Waals surface area contributed by atoms with Gasteiger partial charge in [0.05, 0.1) is 6.61 Å². The van der Waals surface area contributed by atoms with Crippen LogP contribution in [0.2, 0.25) is 0 Å². The Balaban J connectivity index is 3.44. The molecule has 0 amide bonds. The van der Waals surface area contributed by atoms with Crippen molar-refractivity contribution in [1.29, 1.82) is 0 Å². The van der Waals surface area contributed by atoms with Gasteiger partial charge in [0, 0.05) is 0 Å². The molecule has 0 spiro atoms. The fourth-order valence-corrected chi connectivity index (χ4v) is 1.31. The zero-order valence-electron chi connectivity index (χ0n) is 7.56. The normalized spacial score (nSPS) is 14.7. The molecule has 0 rings (SSSR count). The van der Waals surface area contributed by atoms with Gasteiger partial charge in [0.25, 0.3) is 0 Å². The van der Waals surface area contributed by atoms with Crippen LogP contribution < -0.4 is 0 Å². The van der Waals surface area contributed by atoms with E-state index in [1.807, 2.05) is 6.92 Å². The minimum atomic E-state index is -4.25. The van der Waals surface area contributed by atoms with Crippen LogP contribution in [0.5, 0.6) is 0 Å². The molecule has 0 bridgehead atoms. The zero-order valence-corrected chi connectivity index (χ0v) is 8.46. The molecular weight excluding hydrogens is 179 g/mol. The molecule has 0 aliphatic carbocycles. The summed E-state index contributed by atoms with van der Waals surface area (Å²) in [6.45, 7) is 4.14. The largest absolute Gasteiger partial charge is 0.469 e. The molecule has 2 N–H and O–H groups in total. The number of hydrogen-bond donors (Lipinski definition) is 2. The van der Waals surface area contributed by atoms with E-state index in [1.165, 1.54) is 0 Å². The molecule has 12 heavy (non-hydrogen) atoms. The fourth-order valence-electron chi connectivity index (χ4n) is 0.860. The minimum absolute atomic E-state index is 0.143. The summed E-state index contributed by atoms with van der Waals surface area (Å²) in [6, 6.07) is 0. The van der Waals surface area contributed by atoms with E-state index in [-0.39, 0.29) is 12.5 Å². The monoisotopic (exact) mass is 196 g/mol. The molecule has 5 heteroatoms. The van der Waals surface area contributed by atoms with E-state index < -0.39 is 7.82 Å².